The molecule has 8 heteroatoms. The number of benzene rings is 1. The summed E-state index contributed by atoms with van der Waals surface area (Å²) in [4.78, 5) is 22.1. The Balaban J connectivity index is 0.000000494. The van der Waals surface area contributed by atoms with Crippen molar-refractivity contribution in [1.29, 1.82) is 0 Å². The summed E-state index contributed by atoms with van der Waals surface area (Å²) >= 11 is 0. The maximum absolute atomic E-state index is 11.4. The largest absolute Gasteiger partial charge is 0.398 e. The highest BCUT2D eigenvalue weighted by Gasteiger charge is 2.10. The number of carbonyl (C=O) groups excluding carboxylic acids is 2. The van der Waals surface area contributed by atoms with Crippen molar-refractivity contribution >= 4 is 46.9 Å². The highest BCUT2D eigenvalue weighted by molar-refractivity contribution is 8.31. The molecule has 0 fully saturated rings. The molecule has 0 aliphatic carbocycles. The number of para-hydroxylation sites is 1. The smallest absolute Gasteiger partial charge is 0.317 e. The summed E-state index contributed by atoms with van der Waals surface area (Å²) in [7, 11) is 4.81. The van der Waals surface area contributed by atoms with Crippen molar-refractivity contribution in [3.05, 3.63) is 29.8 Å². The van der Waals surface area contributed by atoms with Gasteiger partial charge in [0.1, 0.15) is 5.78 Å². The van der Waals surface area contributed by atoms with Crippen molar-refractivity contribution in [2.45, 2.75) is 13.3 Å². The van der Waals surface area contributed by atoms with Crippen LogP contribution in [0.5, 0.6) is 0 Å². The second-order valence-corrected chi connectivity index (χ2v) is 6.94. The van der Waals surface area contributed by atoms with Crippen LogP contribution in [0.15, 0.2) is 24.3 Å². The minimum atomic E-state index is -3.72. The van der Waals surface area contributed by atoms with E-state index in [1.807, 2.05) is 0 Å². The van der Waals surface area contributed by atoms with Gasteiger partial charge in [0.15, 0.2) is 5.78 Å². The zero-order valence-electron chi connectivity index (χ0n) is 9.39. The van der Waals surface area contributed by atoms with E-state index in [1.54, 1.807) is 24.3 Å². The lowest BCUT2D eigenvalue weighted by atomic mass is 10.1. The Morgan fingerprint density at radius 3 is 2.06 bits per heavy atom. The summed E-state index contributed by atoms with van der Waals surface area (Å²) < 4.78 is 18.3. The number of carbonyl (C=O) groups is 2. The summed E-state index contributed by atoms with van der Waals surface area (Å²) in [6.07, 6.45) is -0.0752. The van der Waals surface area contributed by atoms with Crippen molar-refractivity contribution in [2.24, 2.45) is 0 Å². The lowest BCUT2D eigenvalue weighted by Gasteiger charge is -2.01. The van der Waals surface area contributed by atoms with E-state index in [0.29, 0.717) is 11.3 Å². The van der Waals surface area contributed by atoms with E-state index in [4.69, 9.17) is 14.2 Å². The monoisotopic (exact) mass is 311 g/mol. The van der Waals surface area contributed by atoms with Crippen LogP contribution in [0.3, 0.4) is 0 Å². The predicted octanol–water partition coefficient (Wildman–Crippen LogP) is 2.14. The SMILES string of the molecule is CC(=O)CC(=O)c1ccccc1N.O=S(=O)(Cl)Cl. The van der Waals surface area contributed by atoms with Crippen molar-refractivity contribution in [3.8, 4) is 0 Å². The van der Waals surface area contributed by atoms with Gasteiger partial charge in [0.05, 0.1) is 6.42 Å². The van der Waals surface area contributed by atoms with Gasteiger partial charge < -0.3 is 5.73 Å². The maximum Gasteiger partial charge on any atom is 0.317 e. The van der Waals surface area contributed by atoms with Gasteiger partial charge >= 0.3 is 8.26 Å². The average Bonchev–Trinajstić information content (AvgIpc) is 2.14. The van der Waals surface area contributed by atoms with Gasteiger partial charge in [-0.05, 0) is 19.1 Å². The van der Waals surface area contributed by atoms with Crippen LogP contribution in [0.25, 0.3) is 0 Å². The van der Waals surface area contributed by atoms with Gasteiger partial charge in [-0.1, -0.05) is 12.1 Å². The van der Waals surface area contributed by atoms with Crippen molar-refractivity contribution in [3.63, 3.8) is 0 Å². The van der Waals surface area contributed by atoms with Crippen molar-refractivity contribution < 1.29 is 18.0 Å². The van der Waals surface area contributed by atoms with Crippen LogP contribution < -0.4 is 5.73 Å². The molecule has 0 aromatic heterocycles. The molecule has 18 heavy (non-hydrogen) atoms. The number of nitrogen functional groups attached to an aromatic ring is 1. The highest BCUT2D eigenvalue weighted by atomic mass is 36.0. The summed E-state index contributed by atoms with van der Waals surface area (Å²) in [6, 6.07) is 6.75. The zero-order valence-corrected chi connectivity index (χ0v) is 11.7. The van der Waals surface area contributed by atoms with E-state index in [0.717, 1.165) is 0 Å². The first-order chi connectivity index (χ1) is 8.11. The summed E-state index contributed by atoms with van der Waals surface area (Å²) in [5, 5.41) is 0. The molecule has 0 radical (unpaired) electrons. The maximum atomic E-state index is 11.4. The first-order valence-electron chi connectivity index (χ1n) is 4.62. The van der Waals surface area contributed by atoms with Gasteiger partial charge in [-0.25, -0.2) is 0 Å². The quantitative estimate of drug-likeness (QED) is 0.399. The van der Waals surface area contributed by atoms with E-state index in [9.17, 15) is 9.59 Å². The molecule has 2 N–H and O–H groups in total. The first-order valence-corrected chi connectivity index (χ1v) is 7.76. The minimum absolute atomic E-state index is 0.0752. The Morgan fingerprint density at radius 1 is 1.22 bits per heavy atom. The molecule has 1 rings (SSSR count). The van der Waals surface area contributed by atoms with Crippen LogP contribution in [-0.2, 0) is 13.1 Å². The van der Waals surface area contributed by atoms with Crippen molar-refractivity contribution in [2.75, 3.05) is 5.73 Å². The third-order valence-corrected chi connectivity index (χ3v) is 1.67. The minimum Gasteiger partial charge on any atom is -0.398 e. The van der Waals surface area contributed by atoms with E-state index >= 15 is 0 Å². The summed E-state index contributed by atoms with van der Waals surface area (Å²) in [6.45, 7) is 1.39. The number of hydrogen-bond acceptors (Lipinski definition) is 5. The molecule has 1 aromatic carbocycles. The van der Waals surface area contributed by atoms with Gasteiger partial charge in [-0.2, -0.15) is 8.42 Å². The lowest BCUT2D eigenvalue weighted by Crippen LogP contribution is -2.07. The van der Waals surface area contributed by atoms with Crippen LogP contribution in [0.2, 0.25) is 0 Å². The number of nitrogens with two attached hydrogens (primary N) is 1. The molecule has 1 aromatic rings. The second kappa shape index (κ2) is 7.35. The van der Waals surface area contributed by atoms with E-state index in [2.05, 4.69) is 21.4 Å². The lowest BCUT2D eigenvalue weighted by molar-refractivity contribution is -0.116. The number of anilines is 1. The number of halogens is 2. The molecule has 0 saturated carbocycles. The molecular formula is C10H11Cl2NO4S. The van der Waals surface area contributed by atoms with E-state index in [-0.39, 0.29) is 18.0 Å². The fourth-order valence-electron chi connectivity index (χ4n) is 1.07. The Kier molecular flexibility index (Phi) is 6.90. The number of ketones is 2. The van der Waals surface area contributed by atoms with Gasteiger partial charge in [-0.3, -0.25) is 9.59 Å². The van der Waals surface area contributed by atoms with Crippen molar-refractivity contribution in [1.82, 2.24) is 0 Å². The Bertz CT molecular complexity index is 535. The number of rotatable bonds is 3. The molecule has 0 unspecified atom stereocenters. The highest BCUT2D eigenvalue weighted by Crippen LogP contribution is 2.12. The van der Waals surface area contributed by atoms with Gasteiger partial charge in [0.25, 0.3) is 0 Å². The molecule has 0 atom stereocenters. The summed E-state index contributed by atoms with van der Waals surface area (Å²) in [5.74, 6) is -0.362. The van der Waals surface area contributed by atoms with E-state index < -0.39 is 8.26 Å². The first kappa shape index (κ1) is 16.9. The Morgan fingerprint density at radius 2 is 1.67 bits per heavy atom. The standard InChI is InChI=1S/C10H11NO2.Cl2O2S/c1-7(12)6-10(13)8-4-2-3-5-9(8)11;1-5(2,3)4/h2-5H,6,11H2,1H3;. The predicted molar refractivity (Wildman–Crippen MR) is 71.1 cm³/mol. The van der Waals surface area contributed by atoms with E-state index in [1.165, 1.54) is 6.92 Å². The normalized spacial score (nSPS) is 10.2. The van der Waals surface area contributed by atoms with Crippen LogP contribution in [0.1, 0.15) is 23.7 Å². The summed E-state index contributed by atoms with van der Waals surface area (Å²) in [5.41, 5.74) is 6.42. The molecule has 0 bridgehead atoms. The Labute approximate surface area is 114 Å². The third kappa shape index (κ3) is 8.98. The van der Waals surface area contributed by atoms with Crippen LogP contribution in [0.4, 0.5) is 5.69 Å². The molecule has 0 saturated heterocycles. The fraction of sp³-hybridized carbons (Fsp3) is 0.200. The molecular weight excluding hydrogens is 301 g/mol. The zero-order chi connectivity index (χ0) is 14.3. The molecule has 100 valence electrons. The average molecular weight is 312 g/mol. The topological polar surface area (TPSA) is 94.3 Å². The molecule has 0 aliphatic heterocycles. The van der Waals surface area contributed by atoms with Gasteiger partial charge in [0, 0.05) is 32.6 Å². The Hall–Kier alpha value is -1.11. The van der Waals surface area contributed by atoms with Gasteiger partial charge in [0.2, 0.25) is 0 Å². The van der Waals surface area contributed by atoms with Crippen LogP contribution in [0, 0.1) is 0 Å². The third-order valence-electron chi connectivity index (χ3n) is 1.67. The van der Waals surface area contributed by atoms with Crippen LogP contribution in [-0.4, -0.2) is 20.0 Å². The number of Topliss-reactive ketones (excluding diaryl/α,β-unsaturated/α-hetero) is 2. The van der Waals surface area contributed by atoms with Gasteiger partial charge in [-0.15, -0.1) is 0 Å². The molecule has 0 heterocycles. The number of hydrogen-bond donors (Lipinski definition) is 1. The molecule has 0 amide bonds. The molecule has 5 nitrogen and oxygen atoms in total. The second-order valence-electron chi connectivity index (χ2n) is 3.27. The molecule has 0 aliphatic rings. The fourth-order valence-corrected chi connectivity index (χ4v) is 1.07. The van der Waals surface area contributed by atoms with Crippen LogP contribution >= 0.6 is 21.4 Å². The molecule has 0 spiro atoms.